The minimum absolute atomic E-state index is 0.0608. The summed E-state index contributed by atoms with van der Waals surface area (Å²) in [6.07, 6.45) is 0.385. The van der Waals surface area contributed by atoms with Crippen molar-refractivity contribution in [3.05, 3.63) is 46.2 Å². The first-order valence-electron chi connectivity index (χ1n) is 7.17. The van der Waals surface area contributed by atoms with Crippen molar-refractivity contribution in [2.45, 2.75) is 30.9 Å². The number of aromatic nitrogens is 1. The van der Waals surface area contributed by atoms with E-state index in [1.54, 1.807) is 24.4 Å². The Kier molecular flexibility index (Phi) is 4.73. The van der Waals surface area contributed by atoms with E-state index in [2.05, 4.69) is 4.98 Å². The fourth-order valence-electron chi connectivity index (χ4n) is 2.08. The van der Waals surface area contributed by atoms with Gasteiger partial charge < -0.3 is 9.47 Å². The Morgan fingerprint density at radius 1 is 1.33 bits per heavy atom. The van der Waals surface area contributed by atoms with E-state index < -0.39 is 15.7 Å². The molecule has 8 heteroatoms. The monoisotopic (exact) mass is 389 g/mol. The third kappa shape index (κ3) is 3.66. The molecule has 1 atom stereocenters. The quantitative estimate of drug-likeness (QED) is 0.539. The van der Waals surface area contributed by atoms with Crippen LogP contribution in [0.1, 0.15) is 24.0 Å². The van der Waals surface area contributed by atoms with E-state index in [-0.39, 0.29) is 19.0 Å². The Morgan fingerprint density at radius 3 is 2.62 bits per heavy atom. The number of carbonyl (C=O) groups excluding carboxylic acids is 1. The number of ether oxygens (including phenoxy) is 2. The minimum Gasteiger partial charge on any atom is -0.486 e. The zero-order valence-electron chi connectivity index (χ0n) is 12.7. The fourth-order valence-corrected chi connectivity index (χ4v) is 3.46. The number of rotatable bonds is 6. The smallest absolute Gasteiger partial charge is 0.315 e. The maximum atomic E-state index is 12.8. The molecule has 1 heterocycles. The number of nitrogens with zero attached hydrogens (tertiary/aromatic N) is 1. The zero-order chi connectivity index (χ0) is 17.4. The third-order valence-corrected chi connectivity index (χ3v) is 5.81. The molecule has 1 aromatic heterocycles. The van der Waals surface area contributed by atoms with Crippen LogP contribution in [0.5, 0.6) is 5.75 Å². The van der Waals surface area contributed by atoms with Crippen LogP contribution >= 0.6 is 34.5 Å². The lowest BCUT2D eigenvalue weighted by atomic mass is 10.1. The number of halogens is 3. The summed E-state index contributed by atoms with van der Waals surface area (Å²) in [7, 11) is 0. The number of carbonyl (C=O) groups is 1. The van der Waals surface area contributed by atoms with Gasteiger partial charge in [0.05, 0.1) is 5.69 Å². The molecule has 1 aromatic carbocycles. The molecule has 1 fully saturated rings. The topological polar surface area (TPSA) is 48.4 Å². The standard InChI is InChI=1S/C16H14Cl2FNO3S/c1-15(9-16(15,17)18)14(21)23-6-11-8-24-13(20-11)7-22-12-4-2-10(19)3-5-12/h2-5,8H,6-7,9H2,1H3. The molecule has 2 aromatic rings. The molecule has 0 amide bonds. The SMILES string of the molecule is CC1(C(=O)OCc2csc(COc3ccc(F)cc3)n2)CC1(Cl)Cl. The molecular weight excluding hydrogens is 376 g/mol. The zero-order valence-corrected chi connectivity index (χ0v) is 15.1. The van der Waals surface area contributed by atoms with E-state index in [4.69, 9.17) is 32.7 Å². The van der Waals surface area contributed by atoms with Crippen molar-refractivity contribution in [1.29, 1.82) is 0 Å². The fraction of sp³-hybridized carbons (Fsp3) is 0.375. The lowest BCUT2D eigenvalue weighted by Crippen LogP contribution is -2.21. The lowest BCUT2D eigenvalue weighted by molar-refractivity contribution is -0.151. The first kappa shape index (κ1) is 17.5. The minimum atomic E-state index is -1.04. The van der Waals surface area contributed by atoms with Crippen LogP contribution in [0.2, 0.25) is 0 Å². The molecule has 0 saturated heterocycles. The van der Waals surface area contributed by atoms with Gasteiger partial charge in [0.15, 0.2) is 0 Å². The highest BCUT2D eigenvalue weighted by molar-refractivity contribution is 7.09. The number of benzene rings is 1. The Balaban J connectivity index is 1.49. The van der Waals surface area contributed by atoms with Gasteiger partial charge in [-0.15, -0.1) is 34.5 Å². The van der Waals surface area contributed by atoms with Crippen LogP contribution in [0, 0.1) is 11.2 Å². The molecule has 3 rings (SSSR count). The van der Waals surface area contributed by atoms with Crippen LogP contribution < -0.4 is 4.74 Å². The van der Waals surface area contributed by atoms with Gasteiger partial charge in [0.1, 0.15) is 39.5 Å². The Bertz CT molecular complexity index is 750. The molecule has 0 bridgehead atoms. The summed E-state index contributed by atoms with van der Waals surface area (Å²) in [5.74, 6) is -0.186. The average molecular weight is 390 g/mol. The van der Waals surface area contributed by atoms with E-state index in [0.717, 1.165) is 5.01 Å². The van der Waals surface area contributed by atoms with Crippen LogP contribution in [0.3, 0.4) is 0 Å². The molecule has 4 nitrogen and oxygen atoms in total. The predicted octanol–water partition coefficient (Wildman–Crippen LogP) is 4.49. The van der Waals surface area contributed by atoms with Gasteiger partial charge in [-0.1, -0.05) is 0 Å². The maximum absolute atomic E-state index is 12.8. The molecular formula is C16H14Cl2FNO3S. The van der Waals surface area contributed by atoms with Crippen LogP contribution in [-0.2, 0) is 22.7 Å². The van der Waals surface area contributed by atoms with Crippen LogP contribution in [0.4, 0.5) is 4.39 Å². The van der Waals surface area contributed by atoms with Crippen molar-refractivity contribution in [1.82, 2.24) is 4.98 Å². The highest BCUT2D eigenvalue weighted by Gasteiger charge is 2.69. The summed E-state index contributed by atoms with van der Waals surface area (Å²) in [6, 6.07) is 5.75. The largest absolute Gasteiger partial charge is 0.486 e. The molecule has 1 unspecified atom stereocenters. The van der Waals surface area contributed by atoms with Gasteiger partial charge in [0, 0.05) is 11.8 Å². The van der Waals surface area contributed by atoms with Gasteiger partial charge in [-0.05, 0) is 31.2 Å². The van der Waals surface area contributed by atoms with E-state index in [0.29, 0.717) is 17.9 Å². The molecule has 0 aliphatic heterocycles. The van der Waals surface area contributed by atoms with Crippen molar-refractivity contribution in [2.75, 3.05) is 0 Å². The average Bonchev–Trinajstić information content (AvgIpc) is 2.88. The van der Waals surface area contributed by atoms with Crippen LogP contribution in [0.25, 0.3) is 0 Å². The van der Waals surface area contributed by atoms with Crippen molar-refractivity contribution >= 4 is 40.5 Å². The second kappa shape index (κ2) is 6.50. The first-order valence-corrected chi connectivity index (χ1v) is 8.80. The van der Waals surface area contributed by atoms with Gasteiger partial charge in [-0.25, -0.2) is 9.37 Å². The highest BCUT2D eigenvalue weighted by Crippen LogP contribution is 2.64. The van der Waals surface area contributed by atoms with E-state index in [9.17, 15) is 9.18 Å². The van der Waals surface area contributed by atoms with Crippen molar-refractivity contribution in [2.24, 2.45) is 5.41 Å². The number of esters is 1. The first-order chi connectivity index (χ1) is 11.3. The second-order valence-electron chi connectivity index (χ2n) is 5.76. The second-order valence-corrected chi connectivity index (χ2v) is 8.19. The van der Waals surface area contributed by atoms with Crippen molar-refractivity contribution < 1.29 is 18.7 Å². The summed E-state index contributed by atoms with van der Waals surface area (Å²) < 4.78 is 22.5. The number of alkyl halides is 2. The van der Waals surface area contributed by atoms with Gasteiger partial charge in [0.25, 0.3) is 0 Å². The molecule has 1 saturated carbocycles. The summed E-state index contributed by atoms with van der Waals surface area (Å²) >= 11 is 13.3. The Labute approximate surface area is 152 Å². The Hall–Kier alpha value is -1.37. The van der Waals surface area contributed by atoms with Crippen molar-refractivity contribution in [3.8, 4) is 5.75 Å². The summed E-state index contributed by atoms with van der Waals surface area (Å²) in [6.45, 7) is 2.00. The molecule has 128 valence electrons. The molecule has 24 heavy (non-hydrogen) atoms. The van der Waals surface area contributed by atoms with Gasteiger partial charge in [-0.3, -0.25) is 4.79 Å². The normalized spacial score (nSPS) is 21.3. The number of thiazole rings is 1. The van der Waals surface area contributed by atoms with Crippen LogP contribution in [-0.4, -0.2) is 15.3 Å². The summed E-state index contributed by atoms with van der Waals surface area (Å²) in [4.78, 5) is 16.3. The summed E-state index contributed by atoms with van der Waals surface area (Å²) in [5, 5.41) is 2.52. The van der Waals surface area contributed by atoms with E-state index in [1.807, 2.05) is 0 Å². The molecule has 0 N–H and O–H groups in total. The molecule has 0 radical (unpaired) electrons. The van der Waals surface area contributed by atoms with Gasteiger partial charge in [0.2, 0.25) is 0 Å². The maximum Gasteiger partial charge on any atom is 0.315 e. The number of hydrogen-bond acceptors (Lipinski definition) is 5. The highest BCUT2D eigenvalue weighted by atomic mass is 35.5. The molecule has 0 spiro atoms. The lowest BCUT2D eigenvalue weighted by Gasteiger charge is -2.10. The van der Waals surface area contributed by atoms with Crippen LogP contribution in [0.15, 0.2) is 29.6 Å². The molecule has 1 aliphatic rings. The van der Waals surface area contributed by atoms with Crippen molar-refractivity contribution in [3.63, 3.8) is 0 Å². The van der Waals surface area contributed by atoms with E-state index >= 15 is 0 Å². The molecule has 1 aliphatic carbocycles. The van der Waals surface area contributed by atoms with Gasteiger partial charge >= 0.3 is 5.97 Å². The van der Waals surface area contributed by atoms with E-state index in [1.165, 1.54) is 23.5 Å². The van der Waals surface area contributed by atoms with Gasteiger partial charge in [-0.2, -0.15) is 0 Å². The number of hydrogen-bond donors (Lipinski definition) is 0. The Morgan fingerprint density at radius 2 is 2.00 bits per heavy atom. The third-order valence-electron chi connectivity index (χ3n) is 3.83. The predicted molar refractivity (Wildman–Crippen MR) is 89.8 cm³/mol. The summed E-state index contributed by atoms with van der Waals surface area (Å²) in [5.41, 5.74) is -0.217.